The number of thiazole rings is 1. The van der Waals surface area contributed by atoms with Crippen LogP contribution in [0.1, 0.15) is 23.1 Å². The Balaban J connectivity index is 1.70. The first-order chi connectivity index (χ1) is 12.5. The highest BCUT2D eigenvalue weighted by molar-refractivity contribution is 7.18. The minimum atomic E-state index is -0.425. The highest BCUT2D eigenvalue weighted by atomic mass is 32.1. The van der Waals surface area contributed by atoms with Gasteiger partial charge in [0.15, 0.2) is 0 Å². The number of benzene rings is 2. The van der Waals surface area contributed by atoms with Crippen LogP contribution in [0.5, 0.6) is 5.75 Å². The number of aromatic nitrogens is 1. The maximum Gasteiger partial charge on any atom is 0.336 e. The fourth-order valence-electron chi connectivity index (χ4n) is 3.08. The smallest absolute Gasteiger partial charge is 0.336 e. The van der Waals surface area contributed by atoms with Gasteiger partial charge in [0.05, 0.1) is 15.2 Å². The molecule has 0 unspecified atom stereocenters. The minimum absolute atomic E-state index is 0.152. The predicted octanol–water partition coefficient (Wildman–Crippen LogP) is 4.59. The Labute approximate surface area is 153 Å². The largest absolute Gasteiger partial charge is 0.508 e. The monoisotopic (exact) mass is 366 g/mol. The minimum Gasteiger partial charge on any atom is -0.508 e. The molecule has 0 amide bonds. The highest BCUT2D eigenvalue weighted by Gasteiger charge is 2.10. The van der Waals surface area contributed by atoms with Crippen molar-refractivity contribution in [3.8, 4) is 5.75 Å². The normalized spacial score (nSPS) is 11.3. The second kappa shape index (κ2) is 6.46. The summed E-state index contributed by atoms with van der Waals surface area (Å²) >= 11 is 1.66. The van der Waals surface area contributed by atoms with Gasteiger partial charge in [0, 0.05) is 29.8 Å². The number of anilines is 1. The molecule has 0 aliphatic carbocycles. The van der Waals surface area contributed by atoms with E-state index in [2.05, 4.69) is 16.4 Å². The number of fused-ring (bicyclic) bond motifs is 2. The van der Waals surface area contributed by atoms with E-state index in [1.807, 2.05) is 32.0 Å². The Morgan fingerprint density at radius 1 is 1.19 bits per heavy atom. The van der Waals surface area contributed by atoms with Crippen molar-refractivity contribution >= 4 is 38.2 Å². The molecule has 26 heavy (non-hydrogen) atoms. The Morgan fingerprint density at radius 2 is 2.04 bits per heavy atom. The van der Waals surface area contributed by atoms with Crippen molar-refractivity contribution < 1.29 is 9.52 Å². The number of phenolic OH excluding ortho intramolecular Hbond substituents is 1. The molecule has 2 heterocycles. The number of phenols is 1. The van der Waals surface area contributed by atoms with Crippen LogP contribution in [0.2, 0.25) is 0 Å². The lowest BCUT2D eigenvalue weighted by Crippen LogP contribution is -2.06. The van der Waals surface area contributed by atoms with E-state index in [-0.39, 0.29) is 5.75 Å². The second-order valence-electron chi connectivity index (χ2n) is 6.19. The lowest BCUT2D eigenvalue weighted by atomic mass is 10.0. The average Bonchev–Trinajstić information content (AvgIpc) is 2.98. The third-order valence-electron chi connectivity index (χ3n) is 4.39. The van der Waals surface area contributed by atoms with Gasteiger partial charge in [0.25, 0.3) is 0 Å². The van der Waals surface area contributed by atoms with Crippen LogP contribution in [0.4, 0.5) is 5.69 Å². The molecule has 2 N–H and O–H groups in total. The van der Waals surface area contributed by atoms with Crippen molar-refractivity contribution in [1.29, 1.82) is 0 Å². The number of hydrogen-bond acceptors (Lipinski definition) is 6. The van der Waals surface area contributed by atoms with E-state index in [4.69, 9.17) is 4.42 Å². The van der Waals surface area contributed by atoms with E-state index in [0.29, 0.717) is 18.5 Å². The molecule has 5 nitrogen and oxygen atoms in total. The van der Waals surface area contributed by atoms with E-state index in [0.717, 1.165) is 37.4 Å². The molecule has 0 radical (unpaired) electrons. The van der Waals surface area contributed by atoms with Gasteiger partial charge in [-0.05, 0) is 48.7 Å². The van der Waals surface area contributed by atoms with Gasteiger partial charge in [-0.2, -0.15) is 0 Å². The zero-order valence-corrected chi connectivity index (χ0v) is 15.3. The molecular formula is C20H18N2O3S. The highest BCUT2D eigenvalue weighted by Crippen LogP contribution is 2.28. The first-order valence-electron chi connectivity index (χ1n) is 8.43. The quantitative estimate of drug-likeness (QED) is 0.517. The summed E-state index contributed by atoms with van der Waals surface area (Å²) in [6.07, 6.45) is 0.704. The first kappa shape index (κ1) is 16.6. The molecule has 132 valence electrons. The maximum absolute atomic E-state index is 11.9. The Hall–Kier alpha value is -2.86. The van der Waals surface area contributed by atoms with E-state index in [9.17, 15) is 9.90 Å². The van der Waals surface area contributed by atoms with E-state index in [1.165, 1.54) is 12.1 Å². The van der Waals surface area contributed by atoms with Crippen molar-refractivity contribution in [3.05, 3.63) is 63.0 Å². The molecule has 0 fully saturated rings. The SMILES string of the molecule is CCc1cc2c(CNc3ccc4nc(C)sc4c3)cc(=O)oc2cc1O. The molecule has 6 heteroatoms. The molecule has 4 rings (SSSR count). The van der Waals surface area contributed by atoms with Crippen molar-refractivity contribution in [2.24, 2.45) is 0 Å². The molecule has 2 aromatic heterocycles. The van der Waals surface area contributed by atoms with Gasteiger partial charge in [0.2, 0.25) is 0 Å². The molecule has 0 aliphatic heterocycles. The van der Waals surface area contributed by atoms with Crippen molar-refractivity contribution in [2.75, 3.05) is 5.32 Å². The van der Waals surface area contributed by atoms with Crippen LogP contribution in [0.15, 0.2) is 45.6 Å². The maximum atomic E-state index is 11.9. The first-order valence-corrected chi connectivity index (χ1v) is 9.25. The summed E-state index contributed by atoms with van der Waals surface area (Å²) in [5.41, 5.74) is 3.61. The Kier molecular flexibility index (Phi) is 4.12. The molecular weight excluding hydrogens is 348 g/mol. The Morgan fingerprint density at radius 3 is 2.85 bits per heavy atom. The number of hydrogen-bond donors (Lipinski definition) is 2. The number of aryl methyl sites for hydroxylation is 2. The number of aromatic hydroxyl groups is 1. The van der Waals surface area contributed by atoms with Crippen LogP contribution >= 0.6 is 11.3 Å². The van der Waals surface area contributed by atoms with Crippen molar-refractivity contribution in [2.45, 2.75) is 26.8 Å². The number of nitrogens with zero attached hydrogens (tertiary/aromatic N) is 1. The molecule has 0 saturated heterocycles. The van der Waals surface area contributed by atoms with Gasteiger partial charge in [-0.1, -0.05) is 6.92 Å². The van der Waals surface area contributed by atoms with Crippen molar-refractivity contribution in [3.63, 3.8) is 0 Å². The molecule has 2 aromatic carbocycles. The fourth-order valence-corrected chi connectivity index (χ4v) is 3.95. The topological polar surface area (TPSA) is 75.4 Å². The Bertz CT molecular complexity index is 1180. The van der Waals surface area contributed by atoms with E-state index >= 15 is 0 Å². The number of rotatable bonds is 4. The molecule has 0 spiro atoms. The zero-order valence-electron chi connectivity index (χ0n) is 14.5. The van der Waals surface area contributed by atoms with Crippen LogP contribution in [-0.2, 0) is 13.0 Å². The van der Waals surface area contributed by atoms with Gasteiger partial charge < -0.3 is 14.8 Å². The average molecular weight is 366 g/mol. The molecule has 0 atom stereocenters. The van der Waals surface area contributed by atoms with Gasteiger partial charge >= 0.3 is 5.63 Å². The van der Waals surface area contributed by atoms with Gasteiger partial charge in [-0.3, -0.25) is 0 Å². The van der Waals surface area contributed by atoms with E-state index in [1.54, 1.807) is 11.3 Å². The van der Waals surface area contributed by atoms with Crippen LogP contribution in [-0.4, -0.2) is 10.1 Å². The fraction of sp³-hybridized carbons (Fsp3) is 0.200. The van der Waals surface area contributed by atoms with Gasteiger partial charge in [-0.15, -0.1) is 11.3 Å². The summed E-state index contributed by atoms with van der Waals surface area (Å²) < 4.78 is 6.37. The summed E-state index contributed by atoms with van der Waals surface area (Å²) in [5, 5.41) is 15.3. The van der Waals surface area contributed by atoms with Gasteiger partial charge in [-0.25, -0.2) is 9.78 Å². The van der Waals surface area contributed by atoms with E-state index < -0.39 is 5.63 Å². The van der Waals surface area contributed by atoms with Gasteiger partial charge in [0.1, 0.15) is 11.3 Å². The van der Waals surface area contributed by atoms with Crippen LogP contribution in [0, 0.1) is 6.92 Å². The second-order valence-corrected chi connectivity index (χ2v) is 7.43. The third-order valence-corrected chi connectivity index (χ3v) is 5.32. The number of nitrogens with one attached hydrogen (secondary N) is 1. The zero-order chi connectivity index (χ0) is 18.3. The van der Waals surface area contributed by atoms with Crippen LogP contribution in [0.3, 0.4) is 0 Å². The van der Waals surface area contributed by atoms with Crippen LogP contribution in [0.25, 0.3) is 21.2 Å². The standard InChI is InChI=1S/C20H18N2O3S/c1-3-12-6-15-13(7-20(24)25-18(15)9-17(12)23)10-21-14-4-5-16-19(8-14)26-11(2)22-16/h4-9,21,23H,3,10H2,1-2H3. The summed E-state index contributed by atoms with van der Waals surface area (Å²) in [6, 6.07) is 11.0. The van der Waals surface area contributed by atoms with Crippen molar-refractivity contribution in [1.82, 2.24) is 4.98 Å². The summed E-state index contributed by atoms with van der Waals surface area (Å²) in [7, 11) is 0. The lowest BCUT2D eigenvalue weighted by Gasteiger charge is -2.10. The predicted molar refractivity (Wildman–Crippen MR) is 105 cm³/mol. The summed E-state index contributed by atoms with van der Waals surface area (Å²) in [4.78, 5) is 16.3. The molecule has 4 aromatic rings. The third kappa shape index (κ3) is 3.04. The van der Waals surface area contributed by atoms with Crippen LogP contribution < -0.4 is 10.9 Å². The lowest BCUT2D eigenvalue weighted by molar-refractivity contribution is 0.466. The molecule has 0 aliphatic rings. The molecule has 0 bridgehead atoms. The summed E-state index contributed by atoms with van der Waals surface area (Å²) in [5.74, 6) is 0.152. The molecule has 0 saturated carbocycles. The summed E-state index contributed by atoms with van der Waals surface area (Å²) in [6.45, 7) is 4.46.